The fourth-order valence-corrected chi connectivity index (χ4v) is 1.51. The van der Waals surface area contributed by atoms with Crippen LogP contribution in [0.5, 0.6) is 0 Å². The minimum atomic E-state index is 0.564. The number of aromatic amines is 1. The third-order valence-electron chi connectivity index (χ3n) is 2.32. The third-order valence-corrected chi connectivity index (χ3v) is 2.32. The standard InChI is InChI=1S/C9H12N4/c1-5-2-7-8(3-6(5)4-10)12-13-9(7)11/h2-3H,4,10H2,1H3,(H3,11,12,13)/p+1. The number of benzene rings is 1. The third kappa shape index (κ3) is 1.15. The van der Waals surface area contributed by atoms with Crippen molar-refractivity contribution in [3.63, 3.8) is 0 Å². The van der Waals surface area contributed by atoms with E-state index in [2.05, 4.69) is 35.0 Å². The lowest BCUT2D eigenvalue weighted by Crippen LogP contribution is -2.47. The maximum absolute atomic E-state index is 5.68. The lowest BCUT2D eigenvalue weighted by Gasteiger charge is -2.00. The van der Waals surface area contributed by atoms with Gasteiger partial charge in [-0.2, -0.15) is 5.10 Å². The largest absolute Gasteiger partial charge is 0.382 e. The van der Waals surface area contributed by atoms with Crippen molar-refractivity contribution in [1.29, 1.82) is 0 Å². The van der Waals surface area contributed by atoms with Crippen molar-refractivity contribution in [2.75, 3.05) is 5.73 Å². The van der Waals surface area contributed by atoms with Gasteiger partial charge >= 0.3 is 0 Å². The molecule has 0 saturated heterocycles. The number of nitrogens with one attached hydrogen (secondary N) is 1. The number of H-pyrrole nitrogens is 1. The Morgan fingerprint density at radius 3 is 3.00 bits per heavy atom. The molecule has 0 fully saturated rings. The van der Waals surface area contributed by atoms with E-state index in [0.717, 1.165) is 17.4 Å². The van der Waals surface area contributed by atoms with E-state index in [-0.39, 0.29) is 0 Å². The first kappa shape index (κ1) is 8.07. The fourth-order valence-electron chi connectivity index (χ4n) is 1.51. The number of nitrogen functional groups attached to an aromatic ring is 1. The molecule has 0 bridgehead atoms. The first-order valence-corrected chi connectivity index (χ1v) is 4.24. The number of hydrogen-bond acceptors (Lipinski definition) is 2. The summed E-state index contributed by atoms with van der Waals surface area (Å²) in [6.07, 6.45) is 0. The molecule has 2 rings (SSSR count). The van der Waals surface area contributed by atoms with Crippen LogP contribution in [0.2, 0.25) is 0 Å². The highest BCUT2D eigenvalue weighted by Gasteiger charge is 2.05. The van der Waals surface area contributed by atoms with Crippen LogP contribution in [0, 0.1) is 6.92 Å². The number of aromatic nitrogens is 2. The molecule has 1 aromatic heterocycles. The lowest BCUT2D eigenvalue weighted by atomic mass is 10.1. The summed E-state index contributed by atoms with van der Waals surface area (Å²) < 4.78 is 0. The normalized spacial score (nSPS) is 10.9. The van der Waals surface area contributed by atoms with E-state index in [1.165, 1.54) is 11.1 Å². The van der Waals surface area contributed by atoms with Crippen LogP contribution in [0.3, 0.4) is 0 Å². The molecule has 0 unspecified atom stereocenters. The SMILES string of the molecule is Cc1cc2c(N)n[nH]c2cc1C[NH3+]. The summed E-state index contributed by atoms with van der Waals surface area (Å²) >= 11 is 0. The topological polar surface area (TPSA) is 82.3 Å². The molecule has 6 N–H and O–H groups in total. The van der Waals surface area contributed by atoms with Gasteiger partial charge in [0.15, 0.2) is 5.82 Å². The number of anilines is 1. The lowest BCUT2D eigenvalue weighted by molar-refractivity contribution is -0.386. The predicted octanol–water partition coefficient (Wildman–Crippen LogP) is 0.195. The van der Waals surface area contributed by atoms with Crippen LogP contribution in [-0.4, -0.2) is 10.2 Å². The molecule has 0 spiro atoms. The van der Waals surface area contributed by atoms with Crippen molar-refractivity contribution in [1.82, 2.24) is 10.2 Å². The Morgan fingerprint density at radius 1 is 1.54 bits per heavy atom. The van der Waals surface area contributed by atoms with Crippen molar-refractivity contribution in [3.8, 4) is 0 Å². The van der Waals surface area contributed by atoms with Gasteiger partial charge in [-0.1, -0.05) is 0 Å². The van der Waals surface area contributed by atoms with Gasteiger partial charge in [-0.15, -0.1) is 0 Å². The summed E-state index contributed by atoms with van der Waals surface area (Å²) in [7, 11) is 0. The highest BCUT2D eigenvalue weighted by Crippen LogP contribution is 2.21. The number of hydrogen-bond donors (Lipinski definition) is 3. The highest BCUT2D eigenvalue weighted by molar-refractivity contribution is 5.89. The predicted molar refractivity (Wildman–Crippen MR) is 51.8 cm³/mol. The maximum Gasteiger partial charge on any atom is 0.153 e. The Hall–Kier alpha value is -1.55. The first-order valence-electron chi connectivity index (χ1n) is 4.24. The second-order valence-electron chi connectivity index (χ2n) is 3.18. The quantitative estimate of drug-likeness (QED) is 0.581. The molecular formula is C9H13N4+. The van der Waals surface area contributed by atoms with Crippen molar-refractivity contribution in [2.45, 2.75) is 13.5 Å². The van der Waals surface area contributed by atoms with E-state index in [9.17, 15) is 0 Å². The van der Waals surface area contributed by atoms with Gasteiger partial charge in [0, 0.05) is 10.9 Å². The zero-order valence-corrected chi connectivity index (χ0v) is 7.59. The van der Waals surface area contributed by atoms with E-state index >= 15 is 0 Å². The Labute approximate surface area is 75.9 Å². The molecule has 13 heavy (non-hydrogen) atoms. The average molecular weight is 177 g/mol. The molecule has 1 heterocycles. The monoisotopic (exact) mass is 177 g/mol. The summed E-state index contributed by atoms with van der Waals surface area (Å²) in [4.78, 5) is 0. The van der Waals surface area contributed by atoms with Gasteiger partial charge in [-0.05, 0) is 24.6 Å². The van der Waals surface area contributed by atoms with Gasteiger partial charge in [0.05, 0.1) is 5.52 Å². The van der Waals surface area contributed by atoms with E-state index < -0.39 is 0 Å². The molecule has 0 aliphatic rings. The Balaban J connectivity index is 2.76. The average Bonchev–Trinajstić information content (AvgIpc) is 2.47. The van der Waals surface area contributed by atoms with Crippen molar-refractivity contribution in [2.24, 2.45) is 0 Å². The Morgan fingerprint density at radius 2 is 2.31 bits per heavy atom. The number of quaternary nitrogens is 1. The first-order chi connectivity index (χ1) is 6.22. The minimum Gasteiger partial charge on any atom is -0.382 e. The van der Waals surface area contributed by atoms with E-state index in [1.54, 1.807) is 0 Å². The van der Waals surface area contributed by atoms with Crippen LogP contribution in [-0.2, 0) is 6.54 Å². The van der Waals surface area contributed by atoms with Crippen molar-refractivity contribution in [3.05, 3.63) is 23.3 Å². The molecule has 0 radical (unpaired) electrons. The van der Waals surface area contributed by atoms with Gasteiger partial charge in [-0.3, -0.25) is 5.10 Å². The van der Waals surface area contributed by atoms with Gasteiger partial charge in [0.2, 0.25) is 0 Å². The molecule has 0 aliphatic heterocycles. The van der Waals surface area contributed by atoms with Crippen molar-refractivity contribution < 1.29 is 5.73 Å². The van der Waals surface area contributed by atoms with Gasteiger partial charge < -0.3 is 11.5 Å². The second kappa shape index (κ2) is 2.74. The smallest absolute Gasteiger partial charge is 0.153 e. The molecule has 1 aromatic carbocycles. The Kier molecular flexibility index (Phi) is 1.70. The van der Waals surface area contributed by atoms with E-state index in [1.807, 2.05) is 0 Å². The van der Waals surface area contributed by atoms with Crippen LogP contribution >= 0.6 is 0 Å². The summed E-state index contributed by atoms with van der Waals surface area (Å²) in [6.45, 7) is 2.85. The van der Waals surface area contributed by atoms with Crippen LogP contribution in [0.15, 0.2) is 12.1 Å². The molecule has 4 nitrogen and oxygen atoms in total. The van der Waals surface area contributed by atoms with Crippen molar-refractivity contribution >= 4 is 16.7 Å². The molecule has 0 aliphatic carbocycles. The fraction of sp³-hybridized carbons (Fsp3) is 0.222. The molecule has 0 amide bonds. The summed E-state index contributed by atoms with van der Waals surface area (Å²) in [5.41, 5.74) is 13.0. The number of nitrogens with two attached hydrogens (primary N) is 1. The molecule has 0 saturated carbocycles. The highest BCUT2D eigenvalue weighted by atomic mass is 15.1. The number of rotatable bonds is 1. The second-order valence-corrected chi connectivity index (χ2v) is 3.18. The Bertz CT molecular complexity index is 444. The number of aryl methyl sites for hydroxylation is 1. The van der Waals surface area contributed by atoms with Crippen LogP contribution < -0.4 is 11.5 Å². The van der Waals surface area contributed by atoms with E-state index in [4.69, 9.17) is 5.73 Å². The van der Waals surface area contributed by atoms with Crippen LogP contribution in [0.1, 0.15) is 11.1 Å². The summed E-state index contributed by atoms with van der Waals surface area (Å²) in [6, 6.07) is 4.11. The van der Waals surface area contributed by atoms with Crippen LogP contribution in [0.25, 0.3) is 10.9 Å². The number of fused-ring (bicyclic) bond motifs is 1. The molecule has 0 atom stereocenters. The number of nitrogens with zero attached hydrogens (tertiary/aromatic N) is 1. The van der Waals surface area contributed by atoms with Gasteiger partial charge in [0.25, 0.3) is 0 Å². The maximum atomic E-state index is 5.68. The van der Waals surface area contributed by atoms with Crippen LogP contribution in [0.4, 0.5) is 5.82 Å². The zero-order chi connectivity index (χ0) is 9.42. The summed E-state index contributed by atoms with van der Waals surface area (Å²) in [5, 5.41) is 7.83. The molecule has 4 heteroatoms. The van der Waals surface area contributed by atoms with Gasteiger partial charge in [0.1, 0.15) is 6.54 Å². The minimum absolute atomic E-state index is 0.564. The zero-order valence-electron chi connectivity index (χ0n) is 7.59. The van der Waals surface area contributed by atoms with Gasteiger partial charge in [-0.25, -0.2) is 0 Å². The van der Waals surface area contributed by atoms with E-state index in [0.29, 0.717) is 5.82 Å². The molecular weight excluding hydrogens is 164 g/mol. The summed E-state index contributed by atoms with van der Waals surface area (Å²) in [5.74, 6) is 0.564. The molecule has 68 valence electrons. The molecule has 2 aromatic rings.